The van der Waals surface area contributed by atoms with Gasteiger partial charge in [0.2, 0.25) is 0 Å². The van der Waals surface area contributed by atoms with Gasteiger partial charge < -0.3 is 10.1 Å². The second-order valence-electron chi connectivity index (χ2n) is 4.41. The minimum Gasteiger partial charge on any atom is -0.494 e. The fraction of sp³-hybridized carbons (Fsp3) is 0.333. The fourth-order valence-corrected chi connectivity index (χ4v) is 3.69. The van der Waals surface area contributed by atoms with E-state index >= 15 is 0 Å². The van der Waals surface area contributed by atoms with Gasteiger partial charge in [-0.2, -0.15) is 0 Å². The molecule has 1 unspecified atom stereocenters. The van der Waals surface area contributed by atoms with Crippen LogP contribution in [0, 0.1) is 6.92 Å². The van der Waals surface area contributed by atoms with E-state index in [1.807, 2.05) is 13.0 Å². The van der Waals surface area contributed by atoms with Gasteiger partial charge in [-0.3, -0.25) is 0 Å². The van der Waals surface area contributed by atoms with Crippen LogP contribution in [-0.4, -0.2) is 6.61 Å². The van der Waals surface area contributed by atoms with Crippen molar-refractivity contribution in [2.45, 2.75) is 26.8 Å². The summed E-state index contributed by atoms with van der Waals surface area (Å²) in [7, 11) is 0. The van der Waals surface area contributed by atoms with E-state index in [0.717, 1.165) is 11.4 Å². The van der Waals surface area contributed by atoms with Crippen LogP contribution in [-0.2, 0) is 0 Å². The van der Waals surface area contributed by atoms with Gasteiger partial charge in [-0.1, -0.05) is 0 Å². The van der Waals surface area contributed by atoms with Crippen LogP contribution < -0.4 is 10.1 Å². The molecular formula is C15H18BrNOS. The number of benzene rings is 1. The molecule has 4 heteroatoms. The Bertz CT molecular complexity index is 553. The molecule has 1 atom stereocenters. The number of nitrogens with one attached hydrogen (secondary N) is 1. The van der Waals surface area contributed by atoms with Gasteiger partial charge in [-0.15, -0.1) is 11.3 Å². The first-order valence-electron chi connectivity index (χ1n) is 6.34. The molecule has 0 bridgehead atoms. The maximum absolute atomic E-state index is 5.50. The molecule has 0 spiro atoms. The number of rotatable bonds is 5. The van der Waals surface area contributed by atoms with Crippen LogP contribution in [0.3, 0.4) is 0 Å². The Morgan fingerprint density at radius 3 is 2.74 bits per heavy atom. The molecule has 0 saturated carbocycles. The van der Waals surface area contributed by atoms with Crippen molar-refractivity contribution < 1.29 is 4.74 Å². The minimum absolute atomic E-state index is 0.283. The van der Waals surface area contributed by atoms with Gasteiger partial charge in [-0.25, -0.2) is 0 Å². The summed E-state index contributed by atoms with van der Waals surface area (Å²) in [5.41, 5.74) is 2.35. The molecular weight excluding hydrogens is 322 g/mol. The second-order valence-corrected chi connectivity index (χ2v) is 6.21. The summed E-state index contributed by atoms with van der Waals surface area (Å²) < 4.78 is 6.67. The SMILES string of the molecule is CCOc1ccc(NC(C)c2sccc2Br)c(C)c1. The topological polar surface area (TPSA) is 21.3 Å². The molecule has 2 nitrogen and oxygen atoms in total. The molecule has 1 N–H and O–H groups in total. The zero-order chi connectivity index (χ0) is 13.8. The predicted octanol–water partition coefficient (Wildman–Crippen LogP) is 5.39. The van der Waals surface area contributed by atoms with Crippen LogP contribution in [0.1, 0.15) is 30.3 Å². The number of ether oxygens (including phenoxy) is 1. The molecule has 1 heterocycles. The number of anilines is 1. The Hall–Kier alpha value is -1.00. The van der Waals surface area contributed by atoms with E-state index in [0.29, 0.717) is 6.61 Å². The van der Waals surface area contributed by atoms with Crippen molar-refractivity contribution in [3.05, 3.63) is 44.6 Å². The summed E-state index contributed by atoms with van der Waals surface area (Å²) in [5, 5.41) is 5.65. The van der Waals surface area contributed by atoms with Crippen LogP contribution in [0.15, 0.2) is 34.1 Å². The van der Waals surface area contributed by atoms with Crippen molar-refractivity contribution in [1.29, 1.82) is 0 Å². The number of halogens is 1. The van der Waals surface area contributed by atoms with E-state index in [1.165, 1.54) is 14.9 Å². The van der Waals surface area contributed by atoms with E-state index < -0.39 is 0 Å². The highest BCUT2D eigenvalue weighted by atomic mass is 79.9. The second kappa shape index (κ2) is 6.44. The van der Waals surface area contributed by atoms with Gasteiger partial charge in [0.05, 0.1) is 12.6 Å². The van der Waals surface area contributed by atoms with Crippen molar-refractivity contribution in [1.82, 2.24) is 0 Å². The molecule has 0 aliphatic carbocycles. The lowest BCUT2D eigenvalue weighted by Crippen LogP contribution is -2.06. The van der Waals surface area contributed by atoms with Crippen molar-refractivity contribution in [3.8, 4) is 5.75 Å². The largest absolute Gasteiger partial charge is 0.494 e. The molecule has 0 aliphatic heterocycles. The smallest absolute Gasteiger partial charge is 0.119 e. The molecule has 0 fully saturated rings. The van der Waals surface area contributed by atoms with Gasteiger partial charge in [-0.05, 0) is 71.9 Å². The Kier molecular flexibility index (Phi) is 4.88. The summed E-state index contributed by atoms with van der Waals surface area (Å²) in [4.78, 5) is 1.31. The van der Waals surface area contributed by atoms with Gasteiger partial charge in [0.15, 0.2) is 0 Å². The minimum atomic E-state index is 0.283. The summed E-state index contributed by atoms with van der Waals surface area (Å²) in [6.07, 6.45) is 0. The maximum atomic E-state index is 5.50. The van der Waals surface area contributed by atoms with E-state index in [1.54, 1.807) is 11.3 Å². The van der Waals surface area contributed by atoms with Crippen molar-refractivity contribution in [2.75, 3.05) is 11.9 Å². The molecule has 102 valence electrons. The third-order valence-corrected chi connectivity index (χ3v) is 4.97. The van der Waals surface area contributed by atoms with Crippen LogP contribution in [0.2, 0.25) is 0 Å². The van der Waals surface area contributed by atoms with Crippen molar-refractivity contribution in [3.63, 3.8) is 0 Å². The van der Waals surface area contributed by atoms with E-state index in [2.05, 4.69) is 58.7 Å². The third-order valence-electron chi connectivity index (χ3n) is 2.92. The molecule has 2 rings (SSSR count). The standard InChI is InChI=1S/C15H18BrNOS/c1-4-18-12-5-6-14(10(2)9-12)17-11(3)15-13(16)7-8-19-15/h5-9,11,17H,4H2,1-3H3. The Morgan fingerprint density at radius 2 is 2.16 bits per heavy atom. The Labute approximate surface area is 126 Å². The molecule has 19 heavy (non-hydrogen) atoms. The maximum Gasteiger partial charge on any atom is 0.119 e. The summed E-state index contributed by atoms with van der Waals surface area (Å²) >= 11 is 5.34. The lowest BCUT2D eigenvalue weighted by Gasteiger charge is -2.17. The average molecular weight is 340 g/mol. The monoisotopic (exact) mass is 339 g/mol. The average Bonchev–Trinajstić information content (AvgIpc) is 2.79. The lowest BCUT2D eigenvalue weighted by molar-refractivity contribution is 0.340. The van der Waals surface area contributed by atoms with Gasteiger partial charge in [0, 0.05) is 15.0 Å². The molecule has 0 radical (unpaired) electrons. The van der Waals surface area contributed by atoms with Crippen LogP contribution in [0.5, 0.6) is 5.75 Å². The third kappa shape index (κ3) is 3.51. The van der Waals surface area contributed by atoms with Gasteiger partial charge in [0.25, 0.3) is 0 Å². The molecule has 0 saturated heterocycles. The molecule has 0 aliphatic rings. The van der Waals surface area contributed by atoms with Crippen LogP contribution in [0.25, 0.3) is 0 Å². The number of thiophene rings is 1. The molecule has 1 aromatic carbocycles. The Balaban J connectivity index is 2.13. The highest BCUT2D eigenvalue weighted by Crippen LogP contribution is 2.32. The molecule has 0 amide bonds. The first kappa shape index (κ1) is 14.4. The van der Waals surface area contributed by atoms with Crippen LogP contribution >= 0.6 is 27.3 Å². The quantitative estimate of drug-likeness (QED) is 0.788. The van der Waals surface area contributed by atoms with E-state index in [4.69, 9.17) is 4.74 Å². The lowest BCUT2D eigenvalue weighted by atomic mass is 10.1. The number of hydrogen-bond acceptors (Lipinski definition) is 3. The van der Waals surface area contributed by atoms with Crippen molar-refractivity contribution in [2.24, 2.45) is 0 Å². The zero-order valence-corrected chi connectivity index (χ0v) is 13.8. The summed E-state index contributed by atoms with van der Waals surface area (Å²) in [5.74, 6) is 0.926. The van der Waals surface area contributed by atoms with E-state index in [-0.39, 0.29) is 6.04 Å². The van der Waals surface area contributed by atoms with Crippen LogP contribution in [0.4, 0.5) is 5.69 Å². The van der Waals surface area contributed by atoms with Gasteiger partial charge in [0.1, 0.15) is 5.75 Å². The molecule has 1 aromatic heterocycles. The zero-order valence-electron chi connectivity index (χ0n) is 11.4. The summed E-state index contributed by atoms with van der Waals surface area (Å²) in [6.45, 7) is 6.97. The summed E-state index contributed by atoms with van der Waals surface area (Å²) in [6, 6.07) is 8.53. The Morgan fingerprint density at radius 1 is 1.37 bits per heavy atom. The number of hydrogen-bond donors (Lipinski definition) is 1. The number of aryl methyl sites for hydroxylation is 1. The van der Waals surface area contributed by atoms with E-state index in [9.17, 15) is 0 Å². The van der Waals surface area contributed by atoms with Gasteiger partial charge >= 0.3 is 0 Å². The molecule has 2 aromatic rings. The highest BCUT2D eigenvalue weighted by molar-refractivity contribution is 9.10. The highest BCUT2D eigenvalue weighted by Gasteiger charge is 2.11. The normalized spacial score (nSPS) is 12.2. The first-order valence-corrected chi connectivity index (χ1v) is 8.02. The fourth-order valence-electron chi connectivity index (χ4n) is 1.97. The van der Waals surface area contributed by atoms with Crippen molar-refractivity contribution >= 4 is 33.0 Å². The predicted molar refractivity (Wildman–Crippen MR) is 86.4 cm³/mol. The first-order chi connectivity index (χ1) is 9.11.